The smallest absolute Gasteiger partial charge is 0.318 e. The van der Waals surface area contributed by atoms with E-state index in [2.05, 4.69) is 46.5 Å². The molecule has 0 spiro atoms. The first-order valence-electron chi connectivity index (χ1n) is 9.83. The molecule has 3 unspecified atom stereocenters. The Labute approximate surface area is 154 Å². The molecule has 1 aliphatic carbocycles. The molecule has 5 heteroatoms. The fourth-order valence-electron chi connectivity index (χ4n) is 4.82. The number of benzene rings is 1. The van der Waals surface area contributed by atoms with Crippen molar-refractivity contribution >= 4 is 11.7 Å². The van der Waals surface area contributed by atoms with Crippen LogP contribution in [0.5, 0.6) is 0 Å². The van der Waals surface area contributed by atoms with Crippen molar-refractivity contribution in [1.29, 1.82) is 0 Å². The first-order chi connectivity index (χ1) is 12.6. The van der Waals surface area contributed by atoms with Crippen molar-refractivity contribution in [3.05, 3.63) is 36.0 Å². The Morgan fingerprint density at radius 3 is 2.58 bits per heavy atom. The van der Waals surface area contributed by atoms with Crippen LogP contribution in [0, 0.1) is 5.92 Å². The highest BCUT2D eigenvalue weighted by Gasteiger charge is 2.44. The molecule has 136 valence electrons. The number of rotatable bonds is 3. The van der Waals surface area contributed by atoms with E-state index in [1.807, 2.05) is 17.9 Å². The van der Waals surface area contributed by atoms with Gasteiger partial charge in [0, 0.05) is 36.6 Å². The lowest BCUT2D eigenvalue weighted by Gasteiger charge is -2.52. The first-order valence-corrected chi connectivity index (χ1v) is 9.83. The van der Waals surface area contributed by atoms with E-state index >= 15 is 0 Å². The molecule has 2 amide bonds. The van der Waals surface area contributed by atoms with Gasteiger partial charge in [0.1, 0.15) is 0 Å². The molecule has 1 N–H and O–H groups in total. The summed E-state index contributed by atoms with van der Waals surface area (Å²) in [5.74, 6) is 1.35. The Kier molecular flexibility index (Phi) is 3.59. The molecule has 3 fully saturated rings. The highest BCUT2D eigenvalue weighted by atomic mass is 16.2. The highest BCUT2D eigenvalue weighted by Crippen LogP contribution is 2.50. The zero-order valence-corrected chi connectivity index (χ0v) is 15.5. The summed E-state index contributed by atoms with van der Waals surface area (Å²) in [6, 6.07) is 9.37. The molecule has 5 nitrogen and oxygen atoms in total. The summed E-state index contributed by atoms with van der Waals surface area (Å²) in [5.41, 5.74) is 4.37. The summed E-state index contributed by atoms with van der Waals surface area (Å²) in [6.45, 7) is 2.30. The Bertz CT molecular complexity index is 843. The van der Waals surface area contributed by atoms with Crippen LogP contribution in [0.4, 0.5) is 10.5 Å². The second-order valence-electron chi connectivity index (χ2n) is 8.31. The van der Waals surface area contributed by atoms with Crippen LogP contribution in [-0.2, 0) is 7.05 Å². The summed E-state index contributed by atoms with van der Waals surface area (Å²) in [5, 5.41) is 7.74. The van der Waals surface area contributed by atoms with Gasteiger partial charge in [0.2, 0.25) is 0 Å². The van der Waals surface area contributed by atoms with Crippen LogP contribution in [0.2, 0.25) is 0 Å². The molecule has 2 aromatic rings. The van der Waals surface area contributed by atoms with Crippen LogP contribution in [0.25, 0.3) is 11.3 Å². The molecule has 3 heterocycles. The van der Waals surface area contributed by atoms with Gasteiger partial charge in [-0.15, -0.1) is 0 Å². The lowest BCUT2D eigenvalue weighted by atomic mass is 9.80. The van der Waals surface area contributed by atoms with Crippen molar-refractivity contribution < 1.29 is 4.79 Å². The summed E-state index contributed by atoms with van der Waals surface area (Å²) >= 11 is 0. The van der Waals surface area contributed by atoms with Gasteiger partial charge in [0.15, 0.2) is 0 Å². The lowest BCUT2D eigenvalue weighted by Crippen LogP contribution is -2.62. The third-order valence-corrected chi connectivity index (χ3v) is 6.44. The molecule has 1 aromatic carbocycles. The molecular formula is C21H26N4O. The molecule has 26 heavy (non-hydrogen) atoms. The van der Waals surface area contributed by atoms with E-state index in [1.54, 1.807) is 0 Å². The van der Waals surface area contributed by atoms with Crippen LogP contribution in [-0.4, -0.2) is 32.8 Å². The minimum Gasteiger partial charge on any atom is -0.318 e. The molecule has 2 aliphatic heterocycles. The molecule has 2 saturated heterocycles. The molecular weight excluding hydrogens is 324 g/mol. The number of carbonyl (C=O) groups is 1. The predicted octanol–water partition coefficient (Wildman–Crippen LogP) is 4.37. The number of aryl methyl sites for hydroxylation is 1. The number of hydrogen-bond acceptors (Lipinski definition) is 2. The first kappa shape index (κ1) is 15.9. The van der Waals surface area contributed by atoms with Crippen molar-refractivity contribution in [2.45, 2.75) is 57.0 Å². The SMILES string of the molecule is C[C@H]1CC1c1ccc(NC(=O)N2C3CCCC2C3)cc1-c1ccn(C)n1. The lowest BCUT2D eigenvalue weighted by molar-refractivity contribution is 0.0173. The van der Waals surface area contributed by atoms with Crippen molar-refractivity contribution in [3.63, 3.8) is 0 Å². The minimum absolute atomic E-state index is 0.0606. The quantitative estimate of drug-likeness (QED) is 0.894. The molecule has 3 aliphatic rings. The van der Waals surface area contributed by atoms with Crippen LogP contribution in [0.3, 0.4) is 0 Å². The summed E-state index contributed by atoms with van der Waals surface area (Å²) in [4.78, 5) is 14.8. The number of fused-ring (bicyclic) bond motifs is 2. The maximum atomic E-state index is 12.7. The van der Waals surface area contributed by atoms with Gasteiger partial charge in [0.05, 0.1) is 5.69 Å². The van der Waals surface area contributed by atoms with Crippen molar-refractivity contribution in [1.82, 2.24) is 14.7 Å². The number of nitrogens with zero attached hydrogens (tertiary/aromatic N) is 3. The Morgan fingerprint density at radius 2 is 1.96 bits per heavy atom. The highest BCUT2D eigenvalue weighted by molar-refractivity contribution is 5.91. The minimum atomic E-state index is 0.0606. The van der Waals surface area contributed by atoms with Crippen molar-refractivity contribution in [2.75, 3.05) is 5.32 Å². The van der Waals surface area contributed by atoms with E-state index in [9.17, 15) is 4.79 Å². The van der Waals surface area contributed by atoms with Gasteiger partial charge in [0.25, 0.3) is 0 Å². The average molecular weight is 350 g/mol. The van der Waals surface area contributed by atoms with E-state index in [1.165, 1.54) is 24.8 Å². The third kappa shape index (κ3) is 2.61. The van der Waals surface area contributed by atoms with Gasteiger partial charge < -0.3 is 10.2 Å². The van der Waals surface area contributed by atoms with E-state index in [-0.39, 0.29) is 6.03 Å². The van der Waals surface area contributed by atoms with E-state index < -0.39 is 0 Å². The van der Waals surface area contributed by atoms with Crippen LogP contribution >= 0.6 is 0 Å². The van der Waals surface area contributed by atoms with Crippen LogP contribution in [0.1, 0.15) is 50.5 Å². The summed E-state index contributed by atoms with van der Waals surface area (Å²) in [6.07, 6.45) is 7.97. The van der Waals surface area contributed by atoms with Gasteiger partial charge in [-0.1, -0.05) is 13.0 Å². The Balaban J connectivity index is 1.42. The zero-order chi connectivity index (χ0) is 17.8. The van der Waals surface area contributed by atoms with Gasteiger partial charge in [-0.3, -0.25) is 4.68 Å². The number of anilines is 1. The summed E-state index contributed by atoms with van der Waals surface area (Å²) in [7, 11) is 1.94. The maximum Gasteiger partial charge on any atom is 0.322 e. The number of nitrogens with one attached hydrogen (secondary N) is 1. The second-order valence-corrected chi connectivity index (χ2v) is 8.31. The standard InChI is InChI=1S/C21H26N4O/c1-13-10-18(13)17-7-6-14(11-19(17)20-8-9-24(2)23-20)22-21(26)25-15-4-3-5-16(25)12-15/h6-9,11,13,15-16,18H,3-5,10,12H2,1-2H3,(H,22,26)/t13-,15?,16?,18?/m0/s1. The number of amides is 2. The van der Waals surface area contributed by atoms with Crippen molar-refractivity contribution in [3.8, 4) is 11.3 Å². The predicted molar refractivity (Wildman–Crippen MR) is 102 cm³/mol. The number of hydrogen-bond donors (Lipinski definition) is 1. The van der Waals surface area contributed by atoms with E-state index in [0.717, 1.165) is 35.7 Å². The third-order valence-electron chi connectivity index (χ3n) is 6.44. The monoisotopic (exact) mass is 350 g/mol. The second kappa shape index (κ2) is 5.86. The molecule has 5 rings (SSSR count). The van der Waals surface area contributed by atoms with Gasteiger partial charge >= 0.3 is 6.03 Å². The zero-order valence-electron chi connectivity index (χ0n) is 15.5. The normalized spacial score (nSPS) is 29.2. The largest absolute Gasteiger partial charge is 0.322 e. The van der Waals surface area contributed by atoms with Gasteiger partial charge in [-0.05, 0) is 67.7 Å². The number of carbonyl (C=O) groups excluding carboxylic acids is 1. The molecule has 2 bridgehead atoms. The van der Waals surface area contributed by atoms with Crippen LogP contribution < -0.4 is 5.32 Å². The maximum absolute atomic E-state index is 12.7. The van der Waals surface area contributed by atoms with E-state index in [4.69, 9.17) is 0 Å². The summed E-state index contributed by atoms with van der Waals surface area (Å²) < 4.78 is 1.84. The molecule has 1 saturated carbocycles. The fourth-order valence-corrected chi connectivity index (χ4v) is 4.82. The van der Waals surface area contributed by atoms with Crippen LogP contribution in [0.15, 0.2) is 30.5 Å². The Morgan fingerprint density at radius 1 is 1.19 bits per heavy atom. The molecule has 1 aromatic heterocycles. The van der Waals surface area contributed by atoms with Gasteiger partial charge in [-0.25, -0.2) is 4.79 Å². The number of piperidine rings is 1. The molecule has 4 atom stereocenters. The number of urea groups is 1. The molecule has 0 radical (unpaired) electrons. The van der Waals surface area contributed by atoms with Gasteiger partial charge in [-0.2, -0.15) is 5.10 Å². The van der Waals surface area contributed by atoms with E-state index in [0.29, 0.717) is 18.0 Å². The fraction of sp³-hybridized carbons (Fsp3) is 0.524. The van der Waals surface area contributed by atoms with Crippen molar-refractivity contribution in [2.24, 2.45) is 13.0 Å². The number of aromatic nitrogens is 2. The topological polar surface area (TPSA) is 50.2 Å². The average Bonchev–Trinajstić information content (AvgIpc) is 3.19. The Hall–Kier alpha value is -2.30.